The van der Waals surface area contributed by atoms with Crippen LogP contribution in [0.3, 0.4) is 0 Å². The number of amides is 1. The van der Waals surface area contributed by atoms with E-state index in [-0.39, 0.29) is 6.04 Å². The first-order valence-corrected chi connectivity index (χ1v) is 11.1. The zero-order chi connectivity index (χ0) is 19.5. The molecule has 3 aliphatic rings. The van der Waals surface area contributed by atoms with Crippen LogP contribution in [0.25, 0.3) is 0 Å². The van der Waals surface area contributed by atoms with E-state index in [1.165, 1.54) is 43.2 Å². The zero-order valence-electron chi connectivity index (χ0n) is 17.5. The van der Waals surface area contributed by atoms with Crippen LogP contribution in [0, 0.1) is 0 Å². The van der Waals surface area contributed by atoms with Crippen molar-refractivity contribution < 1.29 is 9.53 Å². The highest BCUT2D eigenvalue weighted by molar-refractivity contribution is 5.81. The van der Waals surface area contributed by atoms with E-state index in [1.807, 2.05) is 11.9 Å². The highest BCUT2D eigenvalue weighted by Gasteiger charge is 2.30. The number of hydrogen-bond donors (Lipinski definition) is 0. The van der Waals surface area contributed by atoms with Gasteiger partial charge in [0.2, 0.25) is 5.91 Å². The maximum atomic E-state index is 13.0. The van der Waals surface area contributed by atoms with Gasteiger partial charge in [-0.25, -0.2) is 0 Å². The van der Waals surface area contributed by atoms with E-state index in [0.29, 0.717) is 11.9 Å². The van der Waals surface area contributed by atoms with Gasteiger partial charge in [0.05, 0.1) is 12.6 Å². The van der Waals surface area contributed by atoms with Gasteiger partial charge in [-0.3, -0.25) is 14.6 Å². The lowest BCUT2D eigenvalue weighted by Crippen LogP contribution is -2.55. The normalized spacial score (nSPS) is 22.5. The van der Waals surface area contributed by atoms with E-state index in [4.69, 9.17) is 4.74 Å². The van der Waals surface area contributed by atoms with Gasteiger partial charge < -0.3 is 9.64 Å². The number of carbonyl (C=O) groups excluding carboxylic acids is 1. The Bertz CT molecular complexity index is 678. The molecule has 28 heavy (non-hydrogen) atoms. The standard InChI is InChI=1S/C23H35N3O2/c1-18(23(27)24(2)21-6-4-3-5-7-21)26-13-11-25(12-14-26)17-19-8-9-22-20(16-19)10-15-28-22/h8-9,16,18,21H,3-7,10-15,17H2,1-2H3. The van der Waals surface area contributed by atoms with Gasteiger partial charge in [0.1, 0.15) is 5.75 Å². The lowest BCUT2D eigenvalue weighted by molar-refractivity contribution is -0.138. The Balaban J connectivity index is 1.26. The third-order valence-corrected chi connectivity index (χ3v) is 6.94. The molecule has 154 valence electrons. The minimum absolute atomic E-state index is 0.00813. The second-order valence-electron chi connectivity index (χ2n) is 8.77. The van der Waals surface area contributed by atoms with Crippen molar-refractivity contribution in [1.82, 2.24) is 14.7 Å². The fourth-order valence-corrected chi connectivity index (χ4v) is 5.00. The summed E-state index contributed by atoms with van der Waals surface area (Å²) in [6, 6.07) is 7.07. The van der Waals surface area contributed by atoms with E-state index in [0.717, 1.165) is 51.5 Å². The van der Waals surface area contributed by atoms with Crippen molar-refractivity contribution in [3.63, 3.8) is 0 Å². The molecule has 5 heteroatoms. The van der Waals surface area contributed by atoms with Crippen molar-refractivity contribution in [2.75, 3.05) is 39.8 Å². The minimum atomic E-state index is -0.00813. The number of hydrogen-bond acceptors (Lipinski definition) is 4. The van der Waals surface area contributed by atoms with Crippen molar-refractivity contribution in [1.29, 1.82) is 0 Å². The molecule has 2 heterocycles. The third kappa shape index (κ3) is 4.36. The molecule has 0 bridgehead atoms. The predicted octanol–water partition coefficient (Wildman–Crippen LogP) is 2.92. The van der Waals surface area contributed by atoms with Crippen LogP contribution in [0.4, 0.5) is 0 Å². The predicted molar refractivity (Wildman–Crippen MR) is 112 cm³/mol. The smallest absolute Gasteiger partial charge is 0.239 e. The van der Waals surface area contributed by atoms with Crippen LogP contribution in [0.1, 0.15) is 50.2 Å². The van der Waals surface area contributed by atoms with Crippen molar-refractivity contribution in [3.05, 3.63) is 29.3 Å². The number of benzene rings is 1. The fourth-order valence-electron chi connectivity index (χ4n) is 5.00. The topological polar surface area (TPSA) is 36.0 Å². The molecule has 2 aliphatic heterocycles. The average molecular weight is 386 g/mol. The van der Waals surface area contributed by atoms with Crippen molar-refractivity contribution in [3.8, 4) is 5.75 Å². The largest absolute Gasteiger partial charge is 0.493 e. The molecule has 1 atom stereocenters. The lowest BCUT2D eigenvalue weighted by Gasteiger charge is -2.40. The van der Waals surface area contributed by atoms with Gasteiger partial charge in [-0.05, 0) is 37.0 Å². The first-order valence-electron chi connectivity index (χ1n) is 11.1. The van der Waals surface area contributed by atoms with E-state index in [9.17, 15) is 4.79 Å². The molecule has 0 radical (unpaired) electrons. The van der Waals surface area contributed by atoms with Gasteiger partial charge in [-0.2, -0.15) is 0 Å². The molecule has 1 aliphatic carbocycles. The Labute approximate surface area is 169 Å². The van der Waals surface area contributed by atoms with Gasteiger partial charge in [0, 0.05) is 52.2 Å². The maximum Gasteiger partial charge on any atom is 0.239 e. The van der Waals surface area contributed by atoms with Gasteiger partial charge in [0.25, 0.3) is 0 Å². The van der Waals surface area contributed by atoms with Gasteiger partial charge in [-0.1, -0.05) is 31.4 Å². The van der Waals surface area contributed by atoms with Crippen LogP contribution in [-0.4, -0.2) is 72.5 Å². The summed E-state index contributed by atoms with van der Waals surface area (Å²) in [7, 11) is 2.02. The molecule has 2 fully saturated rings. The van der Waals surface area contributed by atoms with Crippen molar-refractivity contribution in [2.45, 2.75) is 64.1 Å². The highest BCUT2D eigenvalue weighted by Crippen LogP contribution is 2.27. The second kappa shape index (κ2) is 8.83. The number of piperazine rings is 1. The van der Waals surface area contributed by atoms with Crippen molar-refractivity contribution in [2.24, 2.45) is 0 Å². The molecule has 0 N–H and O–H groups in total. The molecule has 4 rings (SSSR count). The van der Waals surface area contributed by atoms with Crippen molar-refractivity contribution >= 4 is 5.91 Å². The number of rotatable bonds is 5. The number of fused-ring (bicyclic) bond motifs is 1. The molecule has 1 amide bonds. The highest BCUT2D eigenvalue weighted by atomic mass is 16.5. The molecule has 0 aromatic heterocycles. The Morgan fingerprint density at radius 1 is 1.18 bits per heavy atom. The molecular weight excluding hydrogens is 350 g/mol. The SMILES string of the molecule is CC(C(=O)N(C)C1CCCCC1)N1CCN(Cc2ccc3c(c2)CCO3)CC1. The quantitative estimate of drug-likeness (QED) is 0.781. The molecule has 0 spiro atoms. The van der Waals surface area contributed by atoms with E-state index < -0.39 is 0 Å². The number of ether oxygens (including phenoxy) is 1. The molecule has 1 aromatic rings. The summed E-state index contributed by atoms with van der Waals surface area (Å²) in [4.78, 5) is 19.9. The summed E-state index contributed by atoms with van der Waals surface area (Å²) in [5, 5.41) is 0. The molecular formula is C23H35N3O2. The lowest BCUT2D eigenvalue weighted by atomic mass is 9.94. The first kappa shape index (κ1) is 19.7. The molecule has 5 nitrogen and oxygen atoms in total. The maximum absolute atomic E-state index is 13.0. The van der Waals surface area contributed by atoms with Crippen LogP contribution < -0.4 is 4.74 Å². The number of nitrogens with zero attached hydrogens (tertiary/aromatic N) is 3. The Morgan fingerprint density at radius 3 is 2.68 bits per heavy atom. The third-order valence-electron chi connectivity index (χ3n) is 6.94. The Kier molecular flexibility index (Phi) is 6.22. The summed E-state index contributed by atoms with van der Waals surface area (Å²) < 4.78 is 5.61. The molecule has 1 aromatic carbocycles. The first-order chi connectivity index (χ1) is 13.6. The van der Waals surface area contributed by atoms with Crippen LogP contribution in [0.5, 0.6) is 5.75 Å². The van der Waals surface area contributed by atoms with Crippen LogP contribution in [-0.2, 0) is 17.8 Å². The van der Waals surface area contributed by atoms with Gasteiger partial charge >= 0.3 is 0 Å². The van der Waals surface area contributed by atoms with E-state index in [1.54, 1.807) is 0 Å². The fraction of sp³-hybridized carbons (Fsp3) is 0.696. The summed E-state index contributed by atoms with van der Waals surface area (Å²) in [5.41, 5.74) is 2.72. The van der Waals surface area contributed by atoms with E-state index in [2.05, 4.69) is 34.9 Å². The van der Waals surface area contributed by atoms with Crippen LogP contribution >= 0.6 is 0 Å². The molecule has 1 saturated heterocycles. The zero-order valence-corrected chi connectivity index (χ0v) is 17.5. The van der Waals surface area contributed by atoms with Crippen LogP contribution in [0.2, 0.25) is 0 Å². The summed E-state index contributed by atoms with van der Waals surface area (Å²) >= 11 is 0. The van der Waals surface area contributed by atoms with Gasteiger partial charge in [0.15, 0.2) is 0 Å². The Morgan fingerprint density at radius 2 is 1.93 bits per heavy atom. The average Bonchev–Trinajstić information content (AvgIpc) is 3.21. The summed E-state index contributed by atoms with van der Waals surface area (Å²) in [6.07, 6.45) is 7.25. The monoisotopic (exact) mass is 385 g/mol. The minimum Gasteiger partial charge on any atom is -0.493 e. The summed E-state index contributed by atoms with van der Waals surface area (Å²) in [5.74, 6) is 1.36. The van der Waals surface area contributed by atoms with E-state index >= 15 is 0 Å². The summed E-state index contributed by atoms with van der Waals surface area (Å²) in [6.45, 7) is 7.90. The molecule has 1 unspecified atom stereocenters. The van der Waals surface area contributed by atoms with Crippen LogP contribution in [0.15, 0.2) is 18.2 Å². The molecule has 1 saturated carbocycles. The van der Waals surface area contributed by atoms with Gasteiger partial charge in [-0.15, -0.1) is 0 Å². The Hall–Kier alpha value is -1.59. The number of carbonyl (C=O) groups is 1. The second-order valence-corrected chi connectivity index (χ2v) is 8.77. The number of likely N-dealkylation sites (N-methyl/N-ethyl adjacent to an activating group) is 1.